The van der Waals surface area contributed by atoms with Crippen LogP contribution in [0.3, 0.4) is 0 Å². The van der Waals surface area contributed by atoms with E-state index >= 15 is 0 Å². The van der Waals surface area contributed by atoms with Gasteiger partial charge in [0, 0.05) is 37.0 Å². The van der Waals surface area contributed by atoms with Crippen LogP contribution in [0.5, 0.6) is 0 Å². The normalized spacial score (nSPS) is 19.1. The minimum Gasteiger partial charge on any atom is -0.338 e. The van der Waals surface area contributed by atoms with E-state index in [1.807, 2.05) is 4.90 Å². The second kappa shape index (κ2) is 7.33. The van der Waals surface area contributed by atoms with E-state index in [1.165, 1.54) is 26.9 Å². The summed E-state index contributed by atoms with van der Waals surface area (Å²) in [6, 6.07) is 6.95. The highest BCUT2D eigenvalue weighted by Gasteiger charge is 2.34. The van der Waals surface area contributed by atoms with Crippen LogP contribution in [-0.2, 0) is 27.8 Å². The molecular weight excluding hydrogens is 387 g/mol. The van der Waals surface area contributed by atoms with E-state index < -0.39 is 15.8 Å². The maximum atomic E-state index is 13.1. The van der Waals surface area contributed by atoms with Gasteiger partial charge in [0.25, 0.3) is 0 Å². The monoisotopic (exact) mass is 408 g/mol. The molecule has 1 aromatic heterocycles. The second-order valence-electron chi connectivity index (χ2n) is 7.01. The molecular formula is C19H21FN2O3S2. The fraction of sp³-hybridized carbons (Fsp3) is 0.421. The number of halogens is 1. The zero-order chi connectivity index (χ0) is 19.0. The average Bonchev–Trinajstić information content (AvgIpc) is 3.15. The smallest absolute Gasteiger partial charge is 0.243 e. The molecule has 0 N–H and O–H groups in total. The zero-order valence-corrected chi connectivity index (χ0v) is 16.4. The maximum Gasteiger partial charge on any atom is 0.243 e. The van der Waals surface area contributed by atoms with E-state index in [-0.39, 0.29) is 16.7 Å². The minimum atomic E-state index is -3.64. The van der Waals surface area contributed by atoms with E-state index in [0.29, 0.717) is 32.5 Å². The van der Waals surface area contributed by atoms with Crippen molar-refractivity contribution < 1.29 is 17.6 Å². The highest BCUT2D eigenvalue weighted by molar-refractivity contribution is 7.89. The van der Waals surface area contributed by atoms with Crippen molar-refractivity contribution in [1.82, 2.24) is 9.21 Å². The molecule has 0 spiro atoms. The van der Waals surface area contributed by atoms with E-state index in [2.05, 4.69) is 11.4 Å². The number of amides is 1. The Labute approximate surface area is 162 Å². The Morgan fingerprint density at radius 1 is 1.07 bits per heavy atom. The minimum absolute atomic E-state index is 0.0923. The van der Waals surface area contributed by atoms with E-state index in [0.717, 1.165) is 25.1 Å². The van der Waals surface area contributed by atoms with E-state index in [1.54, 1.807) is 11.3 Å². The molecule has 2 aromatic rings. The number of piperidine rings is 1. The molecule has 0 aliphatic carbocycles. The summed E-state index contributed by atoms with van der Waals surface area (Å²) >= 11 is 1.74. The van der Waals surface area contributed by atoms with Gasteiger partial charge in [0.15, 0.2) is 0 Å². The Morgan fingerprint density at radius 2 is 1.78 bits per heavy atom. The molecule has 0 saturated carbocycles. The molecule has 0 unspecified atom stereocenters. The highest BCUT2D eigenvalue weighted by atomic mass is 32.2. The molecule has 3 heterocycles. The quantitative estimate of drug-likeness (QED) is 0.785. The van der Waals surface area contributed by atoms with Crippen molar-refractivity contribution >= 4 is 27.3 Å². The number of benzene rings is 1. The van der Waals surface area contributed by atoms with Gasteiger partial charge in [-0.05, 0) is 60.5 Å². The molecule has 1 saturated heterocycles. The van der Waals surface area contributed by atoms with Gasteiger partial charge in [-0.25, -0.2) is 12.8 Å². The topological polar surface area (TPSA) is 57.7 Å². The van der Waals surface area contributed by atoms with E-state index in [9.17, 15) is 17.6 Å². The summed E-state index contributed by atoms with van der Waals surface area (Å²) in [7, 11) is -3.64. The molecule has 0 radical (unpaired) electrons. The Bertz CT molecular complexity index is 932. The first-order valence-electron chi connectivity index (χ1n) is 9.05. The van der Waals surface area contributed by atoms with Crippen LogP contribution in [0.2, 0.25) is 0 Å². The lowest BCUT2D eigenvalue weighted by Crippen LogP contribution is -2.45. The Hall–Kier alpha value is -1.77. The summed E-state index contributed by atoms with van der Waals surface area (Å²) < 4.78 is 39.8. The Morgan fingerprint density at radius 3 is 2.48 bits per heavy atom. The van der Waals surface area contributed by atoms with Gasteiger partial charge in [0.2, 0.25) is 15.9 Å². The third kappa shape index (κ3) is 3.66. The van der Waals surface area contributed by atoms with Crippen LogP contribution in [0.4, 0.5) is 4.39 Å². The summed E-state index contributed by atoms with van der Waals surface area (Å²) in [5, 5.41) is 2.07. The summed E-state index contributed by atoms with van der Waals surface area (Å²) in [5.41, 5.74) is 1.23. The van der Waals surface area contributed by atoms with Gasteiger partial charge < -0.3 is 4.90 Å². The molecule has 0 bridgehead atoms. The Balaban J connectivity index is 1.39. The summed E-state index contributed by atoms with van der Waals surface area (Å²) in [5.74, 6) is -0.468. The number of rotatable bonds is 3. The van der Waals surface area contributed by atoms with Crippen LogP contribution in [0.15, 0.2) is 40.6 Å². The molecule has 0 atom stereocenters. The zero-order valence-electron chi connectivity index (χ0n) is 14.8. The van der Waals surface area contributed by atoms with Crippen LogP contribution >= 0.6 is 11.3 Å². The van der Waals surface area contributed by atoms with Gasteiger partial charge in [-0.2, -0.15) is 4.31 Å². The van der Waals surface area contributed by atoms with Gasteiger partial charge in [0.05, 0.1) is 4.90 Å². The van der Waals surface area contributed by atoms with Crippen LogP contribution in [-0.4, -0.2) is 43.2 Å². The third-order valence-electron chi connectivity index (χ3n) is 5.37. The van der Waals surface area contributed by atoms with Crippen molar-refractivity contribution in [2.75, 3.05) is 19.6 Å². The molecule has 4 rings (SSSR count). The standard InChI is InChI=1S/C19H21FN2O3S2/c20-16-1-3-17(4-2-16)27(24,25)22-10-5-14(6-11-22)19(23)21-9-7-18-15(13-21)8-12-26-18/h1-4,8,12,14H,5-7,9-11,13H2. The van der Waals surface area contributed by atoms with E-state index in [4.69, 9.17) is 0 Å². The Kier molecular flexibility index (Phi) is 5.05. The number of nitrogens with zero attached hydrogens (tertiary/aromatic N) is 2. The number of hydrogen-bond donors (Lipinski definition) is 0. The first-order chi connectivity index (χ1) is 12.9. The number of carbonyl (C=O) groups is 1. The van der Waals surface area contributed by atoms with Gasteiger partial charge >= 0.3 is 0 Å². The lowest BCUT2D eigenvalue weighted by molar-refractivity contribution is -0.137. The lowest BCUT2D eigenvalue weighted by Gasteiger charge is -2.35. The molecule has 27 heavy (non-hydrogen) atoms. The van der Waals surface area contributed by atoms with Crippen molar-refractivity contribution in [2.24, 2.45) is 5.92 Å². The SMILES string of the molecule is O=C(C1CCN(S(=O)(=O)c2ccc(F)cc2)CC1)N1CCc2sccc2C1. The summed E-state index contributed by atoms with van der Waals surface area (Å²) in [6.07, 6.45) is 1.94. The van der Waals surface area contributed by atoms with Crippen molar-refractivity contribution in [3.05, 3.63) is 52.0 Å². The van der Waals surface area contributed by atoms with Crippen molar-refractivity contribution in [2.45, 2.75) is 30.7 Å². The number of hydrogen-bond acceptors (Lipinski definition) is 4. The predicted octanol–water partition coefficient (Wildman–Crippen LogP) is 2.87. The number of thiophene rings is 1. The van der Waals surface area contributed by atoms with Crippen molar-refractivity contribution in [3.63, 3.8) is 0 Å². The molecule has 2 aliphatic heterocycles. The van der Waals surface area contributed by atoms with Crippen LogP contribution in [0.1, 0.15) is 23.3 Å². The molecule has 1 fully saturated rings. The van der Waals surface area contributed by atoms with Gasteiger partial charge in [-0.1, -0.05) is 0 Å². The molecule has 2 aliphatic rings. The van der Waals surface area contributed by atoms with Crippen LogP contribution in [0.25, 0.3) is 0 Å². The van der Waals surface area contributed by atoms with Gasteiger partial charge in [-0.15, -0.1) is 11.3 Å². The fourth-order valence-corrected chi connectivity index (χ4v) is 6.15. The van der Waals surface area contributed by atoms with Gasteiger partial charge in [0.1, 0.15) is 5.82 Å². The van der Waals surface area contributed by atoms with Gasteiger partial charge in [-0.3, -0.25) is 4.79 Å². The average molecular weight is 409 g/mol. The largest absolute Gasteiger partial charge is 0.338 e. The third-order valence-corrected chi connectivity index (χ3v) is 8.31. The maximum absolute atomic E-state index is 13.1. The molecule has 5 nitrogen and oxygen atoms in total. The number of sulfonamides is 1. The lowest BCUT2D eigenvalue weighted by atomic mass is 9.95. The second-order valence-corrected chi connectivity index (χ2v) is 9.95. The first-order valence-corrected chi connectivity index (χ1v) is 11.4. The van der Waals surface area contributed by atoms with Crippen molar-refractivity contribution in [1.29, 1.82) is 0 Å². The number of fused-ring (bicyclic) bond motifs is 1. The predicted molar refractivity (Wildman–Crippen MR) is 101 cm³/mol. The summed E-state index contributed by atoms with van der Waals surface area (Å²) in [6.45, 7) is 2.02. The molecule has 1 amide bonds. The van der Waals surface area contributed by atoms with Crippen molar-refractivity contribution in [3.8, 4) is 0 Å². The van der Waals surface area contributed by atoms with Crippen LogP contribution < -0.4 is 0 Å². The first kappa shape index (κ1) is 18.6. The summed E-state index contributed by atoms with van der Waals surface area (Å²) in [4.78, 5) is 16.2. The highest BCUT2D eigenvalue weighted by Crippen LogP contribution is 2.29. The molecule has 144 valence electrons. The van der Waals surface area contributed by atoms with Crippen LogP contribution in [0, 0.1) is 11.7 Å². The fourth-order valence-electron chi connectivity index (χ4n) is 3.79. The number of carbonyl (C=O) groups excluding carboxylic acids is 1. The molecule has 1 aromatic carbocycles. The molecule has 8 heteroatoms.